The molecule has 0 aromatic heterocycles. The molecule has 1 fully saturated rings. The van der Waals surface area contributed by atoms with E-state index in [4.69, 9.17) is 0 Å². The normalized spacial score (nSPS) is 26.9. The first kappa shape index (κ1) is 11.6. The highest BCUT2D eigenvalue weighted by molar-refractivity contribution is 5.19. The van der Waals surface area contributed by atoms with Crippen molar-refractivity contribution in [2.45, 2.75) is 45.2 Å². The summed E-state index contributed by atoms with van der Waals surface area (Å²) in [4.78, 5) is 0. The lowest BCUT2D eigenvalue weighted by Gasteiger charge is -2.23. The van der Waals surface area contributed by atoms with Crippen LogP contribution < -0.4 is 5.32 Å². The zero-order chi connectivity index (χ0) is 11.5. The fourth-order valence-corrected chi connectivity index (χ4v) is 2.56. The molecule has 0 amide bonds. The first-order valence-corrected chi connectivity index (χ1v) is 6.18. The Labute approximate surface area is 97.1 Å². The summed E-state index contributed by atoms with van der Waals surface area (Å²) in [6.07, 6.45) is 3.93. The molecule has 0 aliphatic heterocycles. The van der Waals surface area contributed by atoms with Gasteiger partial charge in [-0.1, -0.05) is 25.5 Å². The van der Waals surface area contributed by atoms with Crippen LogP contribution in [0.2, 0.25) is 0 Å². The molecule has 0 saturated heterocycles. The number of rotatable bonds is 3. The molecule has 1 N–H and O–H groups in total. The Balaban J connectivity index is 1.97. The molecule has 3 unspecified atom stereocenters. The molecule has 1 aliphatic carbocycles. The van der Waals surface area contributed by atoms with E-state index in [9.17, 15) is 4.39 Å². The fourth-order valence-electron chi connectivity index (χ4n) is 2.56. The topological polar surface area (TPSA) is 12.0 Å². The average molecular weight is 221 g/mol. The molecule has 0 spiro atoms. The van der Waals surface area contributed by atoms with Gasteiger partial charge in [0, 0.05) is 12.1 Å². The minimum Gasteiger partial charge on any atom is -0.307 e. The Morgan fingerprint density at radius 3 is 2.50 bits per heavy atom. The van der Waals surface area contributed by atoms with Gasteiger partial charge in [-0.2, -0.15) is 0 Å². The summed E-state index contributed by atoms with van der Waals surface area (Å²) in [6.45, 7) is 4.46. The molecule has 2 rings (SSSR count). The lowest BCUT2D eigenvalue weighted by Crippen LogP contribution is -2.33. The third-order valence-corrected chi connectivity index (χ3v) is 3.70. The molecule has 1 nitrogen and oxygen atoms in total. The second-order valence-corrected chi connectivity index (χ2v) is 4.95. The summed E-state index contributed by atoms with van der Waals surface area (Å²) in [5.74, 6) is 0.605. The third kappa shape index (κ3) is 2.62. The van der Waals surface area contributed by atoms with Crippen molar-refractivity contribution in [3.05, 3.63) is 35.6 Å². The smallest absolute Gasteiger partial charge is 0.123 e. The summed E-state index contributed by atoms with van der Waals surface area (Å²) >= 11 is 0. The van der Waals surface area contributed by atoms with Crippen LogP contribution in [-0.4, -0.2) is 6.04 Å². The van der Waals surface area contributed by atoms with Crippen LogP contribution in [0.25, 0.3) is 0 Å². The first-order chi connectivity index (χ1) is 7.66. The molecule has 0 heterocycles. The number of benzene rings is 1. The highest BCUT2D eigenvalue weighted by Gasteiger charge is 2.24. The maximum atomic E-state index is 12.8. The van der Waals surface area contributed by atoms with Crippen molar-refractivity contribution in [2.24, 2.45) is 5.92 Å². The van der Waals surface area contributed by atoms with Crippen molar-refractivity contribution < 1.29 is 4.39 Å². The molecule has 0 radical (unpaired) electrons. The summed E-state index contributed by atoms with van der Waals surface area (Å²) in [5.41, 5.74) is 1.17. The molecule has 16 heavy (non-hydrogen) atoms. The Hall–Kier alpha value is -0.890. The van der Waals surface area contributed by atoms with E-state index in [0.29, 0.717) is 12.1 Å². The summed E-state index contributed by atoms with van der Waals surface area (Å²) in [7, 11) is 0. The lowest BCUT2D eigenvalue weighted by molar-refractivity contribution is 0.388. The molecule has 1 saturated carbocycles. The highest BCUT2D eigenvalue weighted by atomic mass is 19.1. The highest BCUT2D eigenvalue weighted by Crippen LogP contribution is 2.27. The van der Waals surface area contributed by atoms with Crippen LogP contribution in [0.5, 0.6) is 0 Å². The van der Waals surface area contributed by atoms with Crippen LogP contribution >= 0.6 is 0 Å². The predicted octanol–water partition coefficient (Wildman–Crippen LogP) is 3.66. The molecular formula is C14H20FN. The van der Waals surface area contributed by atoms with Gasteiger partial charge in [-0.05, 0) is 43.4 Å². The van der Waals surface area contributed by atoms with Gasteiger partial charge in [0.2, 0.25) is 0 Å². The van der Waals surface area contributed by atoms with Gasteiger partial charge in [0.25, 0.3) is 0 Å². The van der Waals surface area contributed by atoms with Crippen molar-refractivity contribution in [3.63, 3.8) is 0 Å². The van der Waals surface area contributed by atoms with E-state index in [1.165, 1.54) is 37.0 Å². The van der Waals surface area contributed by atoms with Gasteiger partial charge >= 0.3 is 0 Å². The molecule has 1 aromatic rings. The molecular weight excluding hydrogens is 201 g/mol. The number of nitrogens with one attached hydrogen (secondary N) is 1. The van der Waals surface area contributed by atoms with Crippen molar-refractivity contribution >= 4 is 0 Å². The number of halogens is 1. The maximum absolute atomic E-state index is 12.8. The van der Waals surface area contributed by atoms with Gasteiger partial charge in [0.1, 0.15) is 5.82 Å². The molecule has 0 bridgehead atoms. The minimum absolute atomic E-state index is 0.162. The second-order valence-electron chi connectivity index (χ2n) is 4.95. The standard InChI is InChI=1S/C14H20FN/c1-10-4-3-5-14(10)16-11(2)12-6-8-13(15)9-7-12/h6-11,14,16H,3-5H2,1-2H3. The average Bonchev–Trinajstić information content (AvgIpc) is 2.65. The van der Waals surface area contributed by atoms with Gasteiger partial charge in [0.15, 0.2) is 0 Å². The monoisotopic (exact) mass is 221 g/mol. The van der Waals surface area contributed by atoms with Crippen molar-refractivity contribution in [2.75, 3.05) is 0 Å². The van der Waals surface area contributed by atoms with E-state index in [2.05, 4.69) is 19.2 Å². The van der Waals surface area contributed by atoms with Crippen LogP contribution in [-0.2, 0) is 0 Å². The van der Waals surface area contributed by atoms with Gasteiger partial charge in [-0.3, -0.25) is 0 Å². The number of hydrogen-bond acceptors (Lipinski definition) is 1. The fraction of sp³-hybridized carbons (Fsp3) is 0.571. The van der Waals surface area contributed by atoms with E-state index in [1.807, 2.05) is 12.1 Å². The second kappa shape index (κ2) is 4.96. The zero-order valence-corrected chi connectivity index (χ0v) is 10.0. The largest absolute Gasteiger partial charge is 0.307 e. The zero-order valence-electron chi connectivity index (χ0n) is 10.0. The maximum Gasteiger partial charge on any atom is 0.123 e. The summed E-state index contributed by atoms with van der Waals surface area (Å²) in [5, 5.41) is 3.64. The predicted molar refractivity (Wildman–Crippen MR) is 64.8 cm³/mol. The Kier molecular flexibility index (Phi) is 3.59. The summed E-state index contributed by atoms with van der Waals surface area (Å²) in [6, 6.07) is 7.74. The Bertz CT molecular complexity index is 333. The van der Waals surface area contributed by atoms with Crippen molar-refractivity contribution in [1.29, 1.82) is 0 Å². The van der Waals surface area contributed by atoms with E-state index >= 15 is 0 Å². The van der Waals surface area contributed by atoms with E-state index in [-0.39, 0.29) is 5.82 Å². The SMILES string of the molecule is CC(NC1CCCC1C)c1ccc(F)cc1. The van der Waals surface area contributed by atoms with Crippen molar-refractivity contribution in [3.8, 4) is 0 Å². The van der Waals surface area contributed by atoms with E-state index in [0.717, 1.165) is 5.92 Å². The van der Waals surface area contributed by atoms with Gasteiger partial charge in [0.05, 0.1) is 0 Å². The Morgan fingerprint density at radius 2 is 1.94 bits per heavy atom. The first-order valence-electron chi connectivity index (χ1n) is 6.18. The van der Waals surface area contributed by atoms with E-state index < -0.39 is 0 Å². The van der Waals surface area contributed by atoms with Gasteiger partial charge < -0.3 is 5.32 Å². The van der Waals surface area contributed by atoms with Crippen LogP contribution in [0.4, 0.5) is 4.39 Å². The summed E-state index contributed by atoms with van der Waals surface area (Å²) < 4.78 is 12.8. The molecule has 1 aliphatic rings. The molecule has 3 atom stereocenters. The van der Waals surface area contributed by atoms with Crippen LogP contribution in [0, 0.1) is 11.7 Å². The van der Waals surface area contributed by atoms with Crippen LogP contribution in [0.1, 0.15) is 44.7 Å². The van der Waals surface area contributed by atoms with Crippen LogP contribution in [0.3, 0.4) is 0 Å². The van der Waals surface area contributed by atoms with Crippen molar-refractivity contribution in [1.82, 2.24) is 5.32 Å². The molecule has 1 aromatic carbocycles. The molecule has 2 heteroatoms. The third-order valence-electron chi connectivity index (χ3n) is 3.70. The van der Waals surface area contributed by atoms with E-state index in [1.54, 1.807) is 0 Å². The number of hydrogen-bond donors (Lipinski definition) is 1. The minimum atomic E-state index is -0.162. The van der Waals surface area contributed by atoms with Crippen LogP contribution in [0.15, 0.2) is 24.3 Å². The quantitative estimate of drug-likeness (QED) is 0.821. The molecule has 88 valence electrons. The van der Waals surface area contributed by atoms with Gasteiger partial charge in [-0.15, -0.1) is 0 Å². The van der Waals surface area contributed by atoms with Gasteiger partial charge in [-0.25, -0.2) is 4.39 Å². The Morgan fingerprint density at radius 1 is 1.25 bits per heavy atom. The lowest BCUT2D eigenvalue weighted by atomic mass is 10.0.